The highest BCUT2D eigenvalue weighted by Gasteiger charge is 2.03. The number of nitrogens with one attached hydrogen (secondary N) is 2. The molecule has 0 aliphatic carbocycles. The summed E-state index contributed by atoms with van der Waals surface area (Å²) in [6.07, 6.45) is 7.73. The number of hydrogen-bond donors (Lipinski definition) is 3. The summed E-state index contributed by atoms with van der Waals surface area (Å²) in [4.78, 5) is 20.3. The van der Waals surface area contributed by atoms with Gasteiger partial charge in [0.1, 0.15) is 5.82 Å². The van der Waals surface area contributed by atoms with Gasteiger partial charge in [0, 0.05) is 25.2 Å². The van der Waals surface area contributed by atoms with Gasteiger partial charge in [0.2, 0.25) is 5.91 Å². The van der Waals surface area contributed by atoms with Crippen LogP contribution < -0.4 is 16.4 Å². The van der Waals surface area contributed by atoms with Gasteiger partial charge in [0.25, 0.3) is 0 Å². The normalized spacial score (nSPS) is 11.3. The van der Waals surface area contributed by atoms with Crippen LogP contribution in [0.25, 0.3) is 0 Å². The molecule has 0 aliphatic rings. The number of anilines is 1. The van der Waals surface area contributed by atoms with Crippen molar-refractivity contribution >= 4 is 17.7 Å². The van der Waals surface area contributed by atoms with Crippen molar-refractivity contribution in [1.82, 2.24) is 10.3 Å². The summed E-state index contributed by atoms with van der Waals surface area (Å²) in [5, 5.41) is 5.73. The van der Waals surface area contributed by atoms with E-state index >= 15 is 0 Å². The smallest absolute Gasteiger partial charge is 0.227 e. The summed E-state index contributed by atoms with van der Waals surface area (Å²) in [6, 6.07) is 5.52. The first kappa shape index (κ1) is 19.9. The number of unbranched alkanes of at least 4 members (excludes halogenated alkanes) is 5. The van der Waals surface area contributed by atoms with Gasteiger partial charge in [0.05, 0.1) is 0 Å². The highest BCUT2D eigenvalue weighted by molar-refractivity contribution is 5.90. The molecule has 1 aromatic rings. The first-order valence-corrected chi connectivity index (χ1v) is 8.89. The number of hydrogen-bond acceptors (Lipinski definition) is 3. The fourth-order valence-corrected chi connectivity index (χ4v) is 2.27. The van der Waals surface area contributed by atoms with Gasteiger partial charge in [-0.3, -0.25) is 9.79 Å². The molecular formula is C18H31N5O. The maximum atomic E-state index is 11.8. The fourth-order valence-electron chi connectivity index (χ4n) is 2.27. The van der Waals surface area contributed by atoms with Crippen LogP contribution in [0.15, 0.2) is 23.2 Å². The van der Waals surface area contributed by atoms with Crippen LogP contribution in [0.3, 0.4) is 0 Å². The second-order valence-corrected chi connectivity index (χ2v) is 5.92. The van der Waals surface area contributed by atoms with E-state index in [1.807, 2.05) is 19.1 Å². The van der Waals surface area contributed by atoms with Crippen molar-refractivity contribution in [3.8, 4) is 0 Å². The van der Waals surface area contributed by atoms with E-state index in [4.69, 9.17) is 5.73 Å². The zero-order valence-corrected chi connectivity index (χ0v) is 15.0. The Morgan fingerprint density at radius 2 is 1.96 bits per heavy atom. The Morgan fingerprint density at radius 1 is 1.21 bits per heavy atom. The van der Waals surface area contributed by atoms with Crippen LogP contribution in [0.2, 0.25) is 0 Å². The predicted molar refractivity (Wildman–Crippen MR) is 100 cm³/mol. The van der Waals surface area contributed by atoms with Gasteiger partial charge in [-0.2, -0.15) is 0 Å². The van der Waals surface area contributed by atoms with E-state index in [9.17, 15) is 4.79 Å². The summed E-state index contributed by atoms with van der Waals surface area (Å²) in [5.41, 5.74) is 6.66. The topological polar surface area (TPSA) is 92.4 Å². The first-order valence-electron chi connectivity index (χ1n) is 8.89. The Labute approximate surface area is 145 Å². The van der Waals surface area contributed by atoms with Crippen LogP contribution in [0.4, 0.5) is 5.82 Å². The Morgan fingerprint density at radius 3 is 2.71 bits per heavy atom. The van der Waals surface area contributed by atoms with E-state index in [1.54, 1.807) is 6.07 Å². The molecule has 0 spiro atoms. The number of nitrogens with zero attached hydrogens (tertiary/aromatic N) is 2. The van der Waals surface area contributed by atoms with E-state index < -0.39 is 0 Å². The van der Waals surface area contributed by atoms with E-state index in [0.717, 1.165) is 18.7 Å². The number of aliphatic imine (C=N–C) groups is 1. The average Bonchev–Trinajstić information content (AvgIpc) is 2.54. The lowest BCUT2D eigenvalue weighted by Gasteiger charge is -2.07. The lowest BCUT2D eigenvalue weighted by Crippen LogP contribution is -2.34. The summed E-state index contributed by atoms with van der Waals surface area (Å²) >= 11 is 0. The molecule has 1 aromatic heterocycles. The van der Waals surface area contributed by atoms with Gasteiger partial charge in [0.15, 0.2) is 5.96 Å². The molecule has 0 aromatic carbocycles. The zero-order chi connectivity index (χ0) is 17.6. The molecule has 0 bridgehead atoms. The first-order chi connectivity index (χ1) is 11.6. The van der Waals surface area contributed by atoms with E-state index in [0.29, 0.717) is 24.7 Å². The van der Waals surface area contributed by atoms with Crippen molar-refractivity contribution in [1.29, 1.82) is 0 Å². The van der Waals surface area contributed by atoms with Gasteiger partial charge in [-0.05, 0) is 25.5 Å². The number of carbonyl (C=O) groups is 1. The van der Waals surface area contributed by atoms with Crippen molar-refractivity contribution in [3.05, 3.63) is 23.9 Å². The zero-order valence-electron chi connectivity index (χ0n) is 15.0. The van der Waals surface area contributed by atoms with Crippen molar-refractivity contribution in [2.75, 3.05) is 18.4 Å². The quantitative estimate of drug-likeness (QED) is 0.330. The molecule has 0 saturated carbocycles. The molecule has 0 saturated heterocycles. The lowest BCUT2D eigenvalue weighted by molar-refractivity contribution is -0.116. The van der Waals surface area contributed by atoms with Gasteiger partial charge >= 0.3 is 0 Å². The Hall–Kier alpha value is -2.11. The third-order valence-electron chi connectivity index (χ3n) is 3.61. The van der Waals surface area contributed by atoms with Crippen molar-refractivity contribution in [2.24, 2.45) is 10.7 Å². The van der Waals surface area contributed by atoms with Gasteiger partial charge < -0.3 is 16.4 Å². The maximum absolute atomic E-state index is 11.8. The SMILES string of the molecule is CCCCCCCCN=C(N)NCCC(=O)Nc1cccc(C)n1. The summed E-state index contributed by atoms with van der Waals surface area (Å²) in [5.74, 6) is 0.888. The molecule has 0 unspecified atom stereocenters. The molecule has 6 nitrogen and oxygen atoms in total. The minimum atomic E-state index is -0.0932. The largest absolute Gasteiger partial charge is 0.370 e. The molecule has 0 aliphatic heterocycles. The lowest BCUT2D eigenvalue weighted by atomic mass is 10.1. The molecule has 0 radical (unpaired) electrons. The van der Waals surface area contributed by atoms with Crippen LogP contribution in [0, 0.1) is 6.92 Å². The summed E-state index contributed by atoms with van der Waals surface area (Å²) < 4.78 is 0. The Balaban J connectivity index is 2.10. The maximum Gasteiger partial charge on any atom is 0.227 e. The molecule has 1 heterocycles. The van der Waals surface area contributed by atoms with Gasteiger partial charge in [-0.15, -0.1) is 0 Å². The van der Waals surface area contributed by atoms with Crippen LogP contribution in [0.5, 0.6) is 0 Å². The number of rotatable bonds is 11. The highest BCUT2D eigenvalue weighted by Crippen LogP contribution is 2.05. The molecule has 0 fully saturated rings. The van der Waals surface area contributed by atoms with Gasteiger partial charge in [-0.25, -0.2) is 4.98 Å². The summed E-state index contributed by atoms with van der Waals surface area (Å²) in [7, 11) is 0. The second-order valence-electron chi connectivity index (χ2n) is 5.92. The highest BCUT2D eigenvalue weighted by atomic mass is 16.1. The third-order valence-corrected chi connectivity index (χ3v) is 3.61. The van der Waals surface area contributed by atoms with Gasteiger partial charge in [-0.1, -0.05) is 45.1 Å². The van der Waals surface area contributed by atoms with E-state index in [-0.39, 0.29) is 5.91 Å². The number of amides is 1. The number of pyridine rings is 1. The molecule has 0 atom stereocenters. The van der Waals surface area contributed by atoms with Crippen LogP contribution in [-0.2, 0) is 4.79 Å². The number of guanidine groups is 1. The standard InChI is InChI=1S/C18H31N5O/c1-3-4-5-6-7-8-13-20-18(19)21-14-12-17(24)23-16-11-9-10-15(2)22-16/h9-11H,3-8,12-14H2,1-2H3,(H3,19,20,21)(H,22,23,24). The molecule has 24 heavy (non-hydrogen) atoms. The minimum absolute atomic E-state index is 0.0932. The summed E-state index contributed by atoms with van der Waals surface area (Å²) in [6.45, 7) is 5.31. The van der Waals surface area contributed by atoms with E-state index in [2.05, 4.69) is 27.5 Å². The van der Waals surface area contributed by atoms with Crippen molar-refractivity contribution in [3.63, 3.8) is 0 Å². The average molecular weight is 333 g/mol. The fraction of sp³-hybridized carbons (Fsp3) is 0.611. The van der Waals surface area contributed by atoms with Crippen LogP contribution >= 0.6 is 0 Å². The molecule has 1 amide bonds. The molecule has 134 valence electrons. The monoisotopic (exact) mass is 333 g/mol. The van der Waals surface area contributed by atoms with E-state index in [1.165, 1.54) is 32.1 Å². The Kier molecular flexibility index (Phi) is 10.2. The molecule has 1 rings (SSSR count). The number of aryl methyl sites for hydroxylation is 1. The van der Waals surface area contributed by atoms with Crippen molar-refractivity contribution < 1.29 is 4.79 Å². The number of aromatic nitrogens is 1. The van der Waals surface area contributed by atoms with Crippen molar-refractivity contribution in [2.45, 2.75) is 58.8 Å². The second kappa shape index (κ2) is 12.3. The minimum Gasteiger partial charge on any atom is -0.370 e. The third kappa shape index (κ3) is 9.82. The molecular weight excluding hydrogens is 302 g/mol. The molecule has 4 N–H and O–H groups in total. The number of carbonyl (C=O) groups excluding carboxylic acids is 1. The Bertz CT molecular complexity index is 516. The number of nitrogens with two attached hydrogens (primary N) is 1. The predicted octanol–water partition coefficient (Wildman–Crippen LogP) is 2.98. The van der Waals surface area contributed by atoms with Crippen LogP contribution in [0.1, 0.15) is 57.6 Å². The van der Waals surface area contributed by atoms with Crippen LogP contribution in [-0.4, -0.2) is 29.9 Å². The molecule has 6 heteroatoms.